The molecule has 0 aliphatic carbocycles. The van der Waals surface area contributed by atoms with Crippen LogP contribution in [0.3, 0.4) is 0 Å². The quantitative estimate of drug-likeness (QED) is 0.798. The van der Waals surface area contributed by atoms with Crippen LogP contribution in [0.4, 0.5) is 9.18 Å². The number of benzene rings is 1. The Morgan fingerprint density at radius 2 is 2.30 bits per heavy atom. The molecule has 1 fully saturated rings. The zero-order chi connectivity index (χ0) is 17.0. The van der Waals surface area contributed by atoms with Gasteiger partial charge in [-0.15, -0.1) is 0 Å². The molecular weight excluding hydrogens is 327 g/mol. The molecule has 6 nitrogen and oxygen atoms in total. The number of rotatable bonds is 5. The molecule has 1 aliphatic rings. The van der Waals surface area contributed by atoms with Crippen molar-refractivity contribution >= 4 is 23.7 Å². The molecule has 0 radical (unpaired) electrons. The summed E-state index contributed by atoms with van der Waals surface area (Å²) in [6, 6.07) is 3.32. The molecule has 1 saturated heterocycles. The molecule has 2 N–H and O–H groups in total. The van der Waals surface area contributed by atoms with Crippen LogP contribution in [-0.2, 0) is 16.0 Å². The number of esters is 1. The molecular formula is C15H18ClFN2O4. The molecule has 1 aliphatic heterocycles. The minimum absolute atomic E-state index is 0.0295. The zero-order valence-electron chi connectivity index (χ0n) is 12.6. The Morgan fingerprint density at radius 3 is 2.87 bits per heavy atom. The average molecular weight is 345 g/mol. The Balaban J connectivity index is 2.09. The van der Waals surface area contributed by atoms with Gasteiger partial charge in [-0.3, -0.25) is 10.1 Å². The molecule has 0 bridgehead atoms. The number of carbonyl (C=O) groups excluding carboxylic acids is 1. The SMILES string of the molecule is COC(=O)C(Cc1c(F)cccc1Cl)N[C@H]1CCN(C(=O)O)C1. The number of methoxy groups -OCH3 is 1. The molecule has 1 aromatic rings. The predicted molar refractivity (Wildman–Crippen MR) is 82.1 cm³/mol. The van der Waals surface area contributed by atoms with Gasteiger partial charge in [0.1, 0.15) is 11.9 Å². The third kappa shape index (κ3) is 4.33. The van der Waals surface area contributed by atoms with E-state index in [0.717, 1.165) is 0 Å². The number of nitrogens with zero attached hydrogens (tertiary/aromatic N) is 1. The molecule has 1 unspecified atom stereocenters. The standard InChI is InChI=1S/C15H18ClFN2O4/c1-23-14(20)13(7-10-11(16)3-2-4-12(10)17)18-9-5-6-19(8-9)15(21)22/h2-4,9,13,18H,5-8H2,1H3,(H,21,22)/t9-,13?/m0/s1. The summed E-state index contributed by atoms with van der Waals surface area (Å²) in [5.41, 5.74) is 0.227. The van der Waals surface area contributed by atoms with Crippen LogP contribution in [-0.4, -0.2) is 54.4 Å². The van der Waals surface area contributed by atoms with Crippen LogP contribution in [0, 0.1) is 5.82 Å². The summed E-state index contributed by atoms with van der Waals surface area (Å²) in [6.07, 6.45) is -0.395. The lowest BCUT2D eigenvalue weighted by Gasteiger charge is -2.22. The Hall–Kier alpha value is -1.86. The molecule has 2 atom stereocenters. The van der Waals surface area contributed by atoms with Gasteiger partial charge in [-0.05, 0) is 18.6 Å². The lowest BCUT2D eigenvalue weighted by atomic mass is 10.0. The summed E-state index contributed by atoms with van der Waals surface area (Å²) in [6.45, 7) is 0.662. The number of amides is 1. The second-order valence-electron chi connectivity index (χ2n) is 5.36. The first-order chi connectivity index (χ1) is 10.9. The number of hydrogen-bond donors (Lipinski definition) is 2. The van der Waals surface area contributed by atoms with Gasteiger partial charge in [-0.2, -0.15) is 0 Å². The van der Waals surface area contributed by atoms with Gasteiger partial charge >= 0.3 is 12.1 Å². The highest BCUT2D eigenvalue weighted by molar-refractivity contribution is 6.31. The number of likely N-dealkylation sites (tertiary alicyclic amines) is 1. The van der Waals surface area contributed by atoms with Crippen LogP contribution in [0.2, 0.25) is 5.02 Å². The number of nitrogens with one attached hydrogen (secondary N) is 1. The van der Waals surface area contributed by atoms with E-state index in [1.165, 1.54) is 24.1 Å². The second-order valence-corrected chi connectivity index (χ2v) is 5.77. The molecule has 0 spiro atoms. The smallest absolute Gasteiger partial charge is 0.407 e. The summed E-state index contributed by atoms with van der Waals surface area (Å²) < 4.78 is 18.7. The van der Waals surface area contributed by atoms with Crippen LogP contribution in [0.25, 0.3) is 0 Å². The molecule has 23 heavy (non-hydrogen) atoms. The minimum atomic E-state index is -0.999. The summed E-state index contributed by atoms with van der Waals surface area (Å²) in [5, 5.41) is 12.3. The third-order valence-corrected chi connectivity index (χ3v) is 4.21. The van der Waals surface area contributed by atoms with E-state index >= 15 is 0 Å². The Bertz CT molecular complexity index is 579. The van der Waals surface area contributed by atoms with Crippen molar-refractivity contribution in [3.63, 3.8) is 0 Å². The first kappa shape index (κ1) is 17.5. The minimum Gasteiger partial charge on any atom is -0.468 e. The molecule has 1 aromatic carbocycles. The Morgan fingerprint density at radius 1 is 1.57 bits per heavy atom. The van der Waals surface area contributed by atoms with Gasteiger partial charge in [0.2, 0.25) is 0 Å². The number of halogens is 2. The van der Waals surface area contributed by atoms with Gasteiger partial charge in [-0.1, -0.05) is 17.7 Å². The van der Waals surface area contributed by atoms with E-state index in [-0.39, 0.29) is 29.6 Å². The van der Waals surface area contributed by atoms with Crippen molar-refractivity contribution in [2.75, 3.05) is 20.2 Å². The summed E-state index contributed by atoms with van der Waals surface area (Å²) in [5.74, 6) is -1.04. The van der Waals surface area contributed by atoms with Crippen molar-refractivity contribution in [3.05, 3.63) is 34.6 Å². The first-order valence-electron chi connectivity index (χ1n) is 7.17. The first-order valence-corrected chi connectivity index (χ1v) is 7.54. The predicted octanol–water partition coefficient (Wildman–Crippen LogP) is 1.91. The molecule has 1 heterocycles. The van der Waals surface area contributed by atoms with E-state index in [9.17, 15) is 14.0 Å². The van der Waals surface area contributed by atoms with Crippen molar-refractivity contribution < 1.29 is 23.8 Å². The molecule has 126 valence electrons. The maximum Gasteiger partial charge on any atom is 0.407 e. The van der Waals surface area contributed by atoms with Crippen LogP contribution >= 0.6 is 11.6 Å². The van der Waals surface area contributed by atoms with Crippen molar-refractivity contribution in [3.8, 4) is 0 Å². The van der Waals surface area contributed by atoms with Crippen molar-refractivity contribution in [2.45, 2.75) is 24.9 Å². The lowest BCUT2D eigenvalue weighted by molar-refractivity contribution is -0.143. The summed E-state index contributed by atoms with van der Waals surface area (Å²) in [7, 11) is 1.25. The number of hydrogen-bond acceptors (Lipinski definition) is 4. The van der Waals surface area contributed by atoms with E-state index in [1.807, 2.05) is 0 Å². The van der Waals surface area contributed by atoms with E-state index in [2.05, 4.69) is 5.32 Å². The normalized spacial score (nSPS) is 18.7. The average Bonchev–Trinajstić information content (AvgIpc) is 2.98. The van der Waals surface area contributed by atoms with Crippen LogP contribution in [0.1, 0.15) is 12.0 Å². The Labute approximate surface area is 138 Å². The van der Waals surface area contributed by atoms with Crippen LogP contribution in [0.5, 0.6) is 0 Å². The van der Waals surface area contributed by atoms with E-state index in [0.29, 0.717) is 13.0 Å². The largest absolute Gasteiger partial charge is 0.468 e. The number of ether oxygens (including phenoxy) is 1. The fourth-order valence-corrected chi connectivity index (χ4v) is 2.88. The third-order valence-electron chi connectivity index (χ3n) is 3.85. The topological polar surface area (TPSA) is 78.9 Å². The zero-order valence-corrected chi connectivity index (χ0v) is 13.3. The fraction of sp³-hybridized carbons (Fsp3) is 0.467. The van der Waals surface area contributed by atoms with Gasteiger partial charge in [0, 0.05) is 36.1 Å². The van der Waals surface area contributed by atoms with E-state index in [4.69, 9.17) is 21.4 Å². The summed E-state index contributed by atoms with van der Waals surface area (Å²) in [4.78, 5) is 24.2. The van der Waals surface area contributed by atoms with Gasteiger partial charge in [0.05, 0.1) is 7.11 Å². The fourth-order valence-electron chi connectivity index (χ4n) is 2.64. The number of carboxylic acid groups (broad SMARTS) is 1. The van der Waals surface area contributed by atoms with Crippen LogP contribution in [0.15, 0.2) is 18.2 Å². The van der Waals surface area contributed by atoms with Gasteiger partial charge in [-0.25, -0.2) is 9.18 Å². The van der Waals surface area contributed by atoms with Crippen LogP contribution < -0.4 is 5.32 Å². The molecule has 8 heteroatoms. The van der Waals surface area contributed by atoms with Gasteiger partial charge in [0.25, 0.3) is 0 Å². The second kappa shape index (κ2) is 7.61. The van der Waals surface area contributed by atoms with E-state index in [1.54, 1.807) is 6.07 Å². The molecule has 1 amide bonds. The number of carbonyl (C=O) groups is 2. The summed E-state index contributed by atoms with van der Waals surface area (Å²) >= 11 is 6.00. The monoisotopic (exact) mass is 344 g/mol. The van der Waals surface area contributed by atoms with Gasteiger partial charge in [0.15, 0.2) is 0 Å². The molecule has 2 rings (SSSR count). The van der Waals surface area contributed by atoms with Crippen molar-refractivity contribution in [1.29, 1.82) is 0 Å². The van der Waals surface area contributed by atoms with Crippen molar-refractivity contribution in [1.82, 2.24) is 10.2 Å². The van der Waals surface area contributed by atoms with E-state index < -0.39 is 23.9 Å². The highest BCUT2D eigenvalue weighted by Gasteiger charge is 2.31. The maximum absolute atomic E-state index is 13.9. The maximum atomic E-state index is 13.9. The van der Waals surface area contributed by atoms with Crippen molar-refractivity contribution in [2.24, 2.45) is 0 Å². The molecule has 0 saturated carbocycles. The highest BCUT2D eigenvalue weighted by atomic mass is 35.5. The lowest BCUT2D eigenvalue weighted by Crippen LogP contribution is -2.46. The Kier molecular flexibility index (Phi) is 5.79. The highest BCUT2D eigenvalue weighted by Crippen LogP contribution is 2.21. The molecule has 0 aromatic heterocycles. The van der Waals surface area contributed by atoms with Gasteiger partial charge < -0.3 is 14.7 Å².